The van der Waals surface area contributed by atoms with E-state index in [1.54, 1.807) is 0 Å². The number of hydrogen-bond donors (Lipinski definition) is 1. The molecule has 1 fully saturated rings. The van der Waals surface area contributed by atoms with E-state index in [-0.39, 0.29) is 12.7 Å². The summed E-state index contributed by atoms with van der Waals surface area (Å²) in [6.07, 6.45) is 4.77. The van der Waals surface area contributed by atoms with Crippen LogP contribution in [0.2, 0.25) is 0 Å². The summed E-state index contributed by atoms with van der Waals surface area (Å²) in [5.41, 5.74) is 1.10. The molecule has 1 N–H and O–H groups in total. The molecule has 3 heteroatoms. The zero-order valence-corrected chi connectivity index (χ0v) is 12.8. The Labute approximate surface area is 126 Å². The topological polar surface area (TPSA) is 42.4 Å². The first-order valence-electron chi connectivity index (χ1n) is 7.74. The third-order valence-electron chi connectivity index (χ3n) is 4.48. The summed E-state index contributed by atoms with van der Waals surface area (Å²) in [5, 5.41) is 11.5. The Morgan fingerprint density at radius 3 is 2.67 bits per heavy atom. The Bertz CT molecular complexity index is 626. The highest BCUT2D eigenvalue weighted by atomic mass is 16.5. The van der Waals surface area contributed by atoms with Crippen molar-refractivity contribution in [3.63, 3.8) is 0 Å². The van der Waals surface area contributed by atoms with Gasteiger partial charge in [0.25, 0.3) is 0 Å². The van der Waals surface area contributed by atoms with Crippen LogP contribution in [0.5, 0.6) is 5.88 Å². The van der Waals surface area contributed by atoms with Crippen LogP contribution in [-0.2, 0) is 6.61 Å². The molecule has 0 atom stereocenters. The summed E-state index contributed by atoms with van der Waals surface area (Å²) in [7, 11) is 0. The molecule has 0 spiro atoms. The molecule has 0 saturated heterocycles. The molecule has 0 amide bonds. The summed E-state index contributed by atoms with van der Waals surface area (Å²) in [5.74, 6) is 0.668. The van der Waals surface area contributed by atoms with Crippen LogP contribution in [0.1, 0.15) is 45.2 Å². The maximum absolute atomic E-state index is 9.38. The predicted octanol–water partition coefficient (Wildman–Crippen LogP) is 4.07. The lowest BCUT2D eigenvalue weighted by molar-refractivity contribution is 0.0958. The SMILES string of the molecule is CC1(C)CCC(Oc2nc(CO)cc3ccccc23)CC1. The second-order valence-electron chi connectivity index (χ2n) is 6.78. The number of aliphatic hydroxyl groups is 1. The highest BCUT2D eigenvalue weighted by molar-refractivity contribution is 5.87. The van der Waals surface area contributed by atoms with Crippen molar-refractivity contribution in [1.29, 1.82) is 0 Å². The number of fused-ring (bicyclic) bond motifs is 1. The van der Waals surface area contributed by atoms with E-state index in [0.717, 1.165) is 23.6 Å². The smallest absolute Gasteiger partial charge is 0.221 e. The van der Waals surface area contributed by atoms with Gasteiger partial charge in [0.05, 0.1) is 12.3 Å². The van der Waals surface area contributed by atoms with Gasteiger partial charge in [-0.25, -0.2) is 4.98 Å². The van der Waals surface area contributed by atoms with Crippen LogP contribution in [0, 0.1) is 5.41 Å². The lowest BCUT2D eigenvalue weighted by atomic mass is 9.76. The van der Waals surface area contributed by atoms with E-state index >= 15 is 0 Å². The molecule has 0 unspecified atom stereocenters. The van der Waals surface area contributed by atoms with Crippen molar-refractivity contribution in [3.05, 3.63) is 36.0 Å². The van der Waals surface area contributed by atoms with Crippen molar-refractivity contribution in [2.75, 3.05) is 0 Å². The fourth-order valence-electron chi connectivity index (χ4n) is 3.04. The molecule has 1 aromatic carbocycles. The van der Waals surface area contributed by atoms with E-state index in [4.69, 9.17) is 4.74 Å². The zero-order chi connectivity index (χ0) is 14.9. The van der Waals surface area contributed by atoms with Crippen molar-refractivity contribution in [2.24, 2.45) is 5.41 Å². The fraction of sp³-hybridized carbons (Fsp3) is 0.500. The van der Waals surface area contributed by atoms with Crippen molar-refractivity contribution in [3.8, 4) is 5.88 Å². The van der Waals surface area contributed by atoms with Gasteiger partial charge in [0.2, 0.25) is 5.88 Å². The van der Waals surface area contributed by atoms with Gasteiger partial charge in [-0.2, -0.15) is 0 Å². The van der Waals surface area contributed by atoms with Crippen molar-refractivity contribution in [2.45, 2.75) is 52.2 Å². The van der Waals surface area contributed by atoms with Crippen molar-refractivity contribution < 1.29 is 9.84 Å². The normalized spacial score (nSPS) is 18.8. The van der Waals surface area contributed by atoms with Gasteiger partial charge in [-0.05, 0) is 48.6 Å². The van der Waals surface area contributed by atoms with Crippen LogP contribution < -0.4 is 4.74 Å². The molecule has 21 heavy (non-hydrogen) atoms. The number of benzene rings is 1. The number of ether oxygens (including phenoxy) is 1. The average Bonchev–Trinajstić information content (AvgIpc) is 2.49. The number of hydrogen-bond acceptors (Lipinski definition) is 3. The molecule has 3 nitrogen and oxygen atoms in total. The minimum atomic E-state index is -0.0567. The molecule has 1 saturated carbocycles. The summed E-state index contributed by atoms with van der Waals surface area (Å²) in [4.78, 5) is 4.48. The first kappa shape index (κ1) is 14.3. The van der Waals surface area contributed by atoms with Crippen molar-refractivity contribution >= 4 is 10.8 Å². The maximum Gasteiger partial charge on any atom is 0.221 e. The van der Waals surface area contributed by atoms with Gasteiger partial charge in [-0.15, -0.1) is 0 Å². The van der Waals surface area contributed by atoms with E-state index in [2.05, 4.69) is 18.8 Å². The molecular weight excluding hydrogens is 262 g/mol. The van der Waals surface area contributed by atoms with Gasteiger partial charge < -0.3 is 9.84 Å². The van der Waals surface area contributed by atoms with Gasteiger partial charge >= 0.3 is 0 Å². The number of nitrogens with zero attached hydrogens (tertiary/aromatic N) is 1. The van der Waals surface area contributed by atoms with E-state index in [1.165, 1.54) is 12.8 Å². The third kappa shape index (κ3) is 3.18. The zero-order valence-electron chi connectivity index (χ0n) is 12.8. The quantitative estimate of drug-likeness (QED) is 0.924. The lowest BCUT2D eigenvalue weighted by Crippen LogP contribution is -2.28. The summed E-state index contributed by atoms with van der Waals surface area (Å²) < 4.78 is 6.18. The second kappa shape index (κ2) is 5.64. The number of aliphatic hydroxyl groups excluding tert-OH is 1. The van der Waals surface area contributed by atoms with Gasteiger partial charge in [0.1, 0.15) is 6.10 Å². The third-order valence-corrected chi connectivity index (χ3v) is 4.48. The molecule has 1 aliphatic rings. The number of rotatable bonds is 3. The Hall–Kier alpha value is -1.61. The van der Waals surface area contributed by atoms with Crippen LogP contribution in [0.4, 0.5) is 0 Å². The Balaban J connectivity index is 1.86. The van der Waals surface area contributed by atoms with Crippen LogP contribution in [-0.4, -0.2) is 16.2 Å². The first-order chi connectivity index (χ1) is 10.1. The van der Waals surface area contributed by atoms with Gasteiger partial charge in [-0.3, -0.25) is 0 Å². The molecular formula is C18H23NO2. The standard InChI is InChI=1S/C18H23NO2/c1-18(2)9-7-15(8-10-18)21-17-16-6-4-3-5-13(16)11-14(12-20)19-17/h3-6,11,15,20H,7-10,12H2,1-2H3. The van der Waals surface area contributed by atoms with E-state index in [0.29, 0.717) is 17.0 Å². The summed E-state index contributed by atoms with van der Waals surface area (Å²) in [6, 6.07) is 9.99. The Morgan fingerprint density at radius 1 is 1.24 bits per heavy atom. The fourth-order valence-corrected chi connectivity index (χ4v) is 3.04. The molecule has 0 aliphatic heterocycles. The van der Waals surface area contributed by atoms with Crippen LogP contribution in [0.15, 0.2) is 30.3 Å². The van der Waals surface area contributed by atoms with Crippen molar-refractivity contribution in [1.82, 2.24) is 4.98 Å². The van der Waals surface area contributed by atoms with E-state index in [1.807, 2.05) is 30.3 Å². The maximum atomic E-state index is 9.38. The molecule has 112 valence electrons. The minimum absolute atomic E-state index is 0.0567. The summed E-state index contributed by atoms with van der Waals surface area (Å²) >= 11 is 0. The lowest BCUT2D eigenvalue weighted by Gasteiger charge is -2.34. The summed E-state index contributed by atoms with van der Waals surface area (Å²) in [6.45, 7) is 4.59. The number of aromatic nitrogens is 1. The highest BCUT2D eigenvalue weighted by Gasteiger charge is 2.28. The largest absolute Gasteiger partial charge is 0.474 e. The van der Waals surface area contributed by atoms with E-state index < -0.39 is 0 Å². The predicted molar refractivity (Wildman–Crippen MR) is 84.3 cm³/mol. The highest BCUT2D eigenvalue weighted by Crippen LogP contribution is 2.37. The van der Waals surface area contributed by atoms with Gasteiger partial charge in [0.15, 0.2) is 0 Å². The van der Waals surface area contributed by atoms with Crippen LogP contribution in [0.3, 0.4) is 0 Å². The van der Waals surface area contributed by atoms with Crippen LogP contribution >= 0.6 is 0 Å². The van der Waals surface area contributed by atoms with Crippen LogP contribution in [0.25, 0.3) is 10.8 Å². The van der Waals surface area contributed by atoms with Gasteiger partial charge in [-0.1, -0.05) is 32.0 Å². The molecule has 2 aromatic rings. The monoisotopic (exact) mass is 285 g/mol. The Kier molecular flexibility index (Phi) is 3.85. The molecule has 1 aliphatic carbocycles. The molecule has 0 radical (unpaired) electrons. The first-order valence-corrected chi connectivity index (χ1v) is 7.74. The average molecular weight is 285 g/mol. The van der Waals surface area contributed by atoms with E-state index in [9.17, 15) is 5.11 Å². The Morgan fingerprint density at radius 2 is 1.95 bits per heavy atom. The number of pyridine rings is 1. The minimum Gasteiger partial charge on any atom is -0.474 e. The molecule has 0 bridgehead atoms. The van der Waals surface area contributed by atoms with Gasteiger partial charge in [0, 0.05) is 5.39 Å². The molecule has 1 aromatic heterocycles. The molecule has 1 heterocycles. The second-order valence-corrected chi connectivity index (χ2v) is 6.78. The molecule has 3 rings (SSSR count).